The molecule has 0 unspecified atom stereocenters. The second kappa shape index (κ2) is 34.9. The molecule has 4 heterocycles. The van der Waals surface area contributed by atoms with Gasteiger partial charge in [-0.3, -0.25) is 0 Å². The third kappa shape index (κ3) is 14.9. The summed E-state index contributed by atoms with van der Waals surface area (Å²) in [5, 5.41) is 113. The lowest BCUT2D eigenvalue weighted by atomic mass is 9.85. The summed E-state index contributed by atoms with van der Waals surface area (Å²) < 4.78 is 4.30. The molecule has 136 heavy (non-hydrogen) atoms. The van der Waals surface area contributed by atoms with E-state index in [1.54, 1.807) is 72.8 Å². The predicted octanol–water partition coefficient (Wildman–Crippen LogP) is 27.5. The molecule has 0 atom stereocenters. The molecule has 0 bridgehead atoms. The summed E-state index contributed by atoms with van der Waals surface area (Å²) in [4.78, 5) is 21.8. The van der Waals surface area contributed by atoms with Crippen LogP contribution in [0.2, 0.25) is 0 Å². The molecule has 0 radical (unpaired) electrons. The Morgan fingerprint density at radius 1 is 0.169 bits per heavy atom. The zero-order valence-electron chi connectivity index (χ0n) is 72.0. The molecule has 0 fully saturated rings. The molecular formula is C120H62N16. The average Bonchev–Trinajstić information content (AvgIpc) is 1.50. The molecule has 0 aliphatic heterocycles. The summed E-state index contributed by atoms with van der Waals surface area (Å²) in [6, 6.07) is 142. The Morgan fingerprint density at radius 3 is 0.831 bits per heavy atom. The lowest BCUT2D eigenvalue weighted by Crippen LogP contribution is -2.05. The van der Waals surface area contributed by atoms with Crippen LogP contribution in [0, 0.1) is 113 Å². The molecule has 16 nitrogen and oxygen atoms in total. The van der Waals surface area contributed by atoms with Crippen molar-refractivity contribution in [1.29, 1.82) is 52.6 Å². The number of para-hydroxylation sites is 1. The minimum absolute atomic E-state index is 0.193. The van der Waals surface area contributed by atoms with Gasteiger partial charge in [-0.2, -0.15) is 52.6 Å². The number of rotatable bonds is 16. The van der Waals surface area contributed by atoms with E-state index < -0.39 is 0 Å². The van der Waals surface area contributed by atoms with Crippen LogP contribution in [0.4, 0.5) is 0 Å². The van der Waals surface area contributed by atoms with Crippen molar-refractivity contribution in [3.8, 4) is 229 Å². The third-order valence-corrected chi connectivity index (χ3v) is 24.8. The van der Waals surface area contributed by atoms with Gasteiger partial charge >= 0.3 is 0 Å². The van der Waals surface area contributed by atoms with Crippen molar-refractivity contribution in [3.63, 3.8) is 0 Å². The Hall–Kier alpha value is -20.6. The fraction of sp³-hybridized carbons (Fsp3) is 0. The smallest absolute Gasteiger partial charge is 0.160 e. The number of nitriles is 10. The first-order valence-electron chi connectivity index (χ1n) is 43.3. The summed E-state index contributed by atoms with van der Waals surface area (Å²) in [6.45, 7) is 0. The Bertz CT molecular complexity index is 8770. The molecule has 21 rings (SSSR count). The number of fused-ring (bicyclic) bond motifs is 6. The van der Waals surface area contributed by atoms with Crippen LogP contribution in [0.1, 0.15) is 55.6 Å². The molecule has 21 aromatic rings. The molecule has 0 aliphatic carbocycles. The fourth-order valence-corrected chi connectivity index (χ4v) is 18.6. The maximum atomic E-state index is 12.7. The molecule has 0 aliphatic rings. The van der Waals surface area contributed by atoms with E-state index in [0.717, 1.165) is 49.6 Å². The lowest BCUT2D eigenvalue weighted by molar-refractivity contribution is 1.16. The molecular weight excluding hydrogens is 1670 g/mol. The lowest BCUT2D eigenvalue weighted by Gasteiger charge is -2.23. The molecule has 622 valence electrons. The van der Waals surface area contributed by atoms with Crippen LogP contribution in [0.5, 0.6) is 0 Å². The highest BCUT2D eigenvalue weighted by Gasteiger charge is 2.31. The van der Waals surface area contributed by atoms with E-state index in [4.69, 9.17) is 19.9 Å². The van der Waals surface area contributed by atoms with Crippen molar-refractivity contribution in [2.45, 2.75) is 0 Å². The van der Waals surface area contributed by atoms with Gasteiger partial charge in [-0.15, -0.1) is 0 Å². The third-order valence-electron chi connectivity index (χ3n) is 24.8. The SMILES string of the molecule is N#Cc1cc(C#N)cc(-c2ccc3c(c2)c2ccccc2n3-c2c(-c3ccccc3C#N)cc(-c3nc(-c4ccccc4)cc(-c4ccccc4)n3)cc2-c2ccc(-c3cccc(-c4cc(-c5nc(-c6ccccc6)cc(-c6ccccc6)n5)cc(-c5ccccc5C#N)c4-n4c5ccc(-c6cc(C#N)cc(C#N)c6)cc5c5cc(-c6cc(C#N)cc(C#N)c6)ccc54)c3C#N)cc2C#N)c1. The van der Waals surface area contributed by atoms with Gasteiger partial charge < -0.3 is 9.13 Å². The average molecular weight is 1730 g/mol. The Balaban J connectivity index is 0.853. The van der Waals surface area contributed by atoms with Gasteiger partial charge in [-0.05, 0) is 191 Å². The Kier molecular flexibility index (Phi) is 21.1. The van der Waals surface area contributed by atoms with Crippen LogP contribution < -0.4 is 0 Å². The fourth-order valence-electron chi connectivity index (χ4n) is 18.6. The van der Waals surface area contributed by atoms with Gasteiger partial charge in [0, 0.05) is 105 Å². The molecule has 16 heteroatoms. The molecule has 0 saturated carbocycles. The second-order valence-corrected chi connectivity index (χ2v) is 32.7. The number of nitrogens with zero attached hydrogens (tertiary/aromatic N) is 16. The summed E-state index contributed by atoms with van der Waals surface area (Å²) in [7, 11) is 0. The largest absolute Gasteiger partial charge is 0.308 e. The summed E-state index contributed by atoms with van der Waals surface area (Å²) in [5.41, 5.74) is 22.7. The number of hydrogen-bond donors (Lipinski definition) is 0. The van der Waals surface area contributed by atoms with Crippen molar-refractivity contribution in [2.24, 2.45) is 0 Å². The van der Waals surface area contributed by atoms with Gasteiger partial charge in [0.05, 0.1) is 166 Å². The minimum atomic E-state index is 0.193. The first kappa shape index (κ1) is 82.4. The van der Waals surface area contributed by atoms with E-state index in [9.17, 15) is 52.6 Å². The van der Waals surface area contributed by atoms with E-state index in [1.165, 1.54) is 0 Å². The maximum Gasteiger partial charge on any atom is 0.160 e. The van der Waals surface area contributed by atoms with Gasteiger partial charge in [0.15, 0.2) is 11.6 Å². The van der Waals surface area contributed by atoms with Crippen LogP contribution in [-0.2, 0) is 0 Å². The standard InChI is InChI=1S/C120H62N16/c121-63-73-44-74(64-122)48-89(47-73)83-37-41-114-101(54-83)100-32-17-18-35-113(100)135(114)117-104(96-30-15-13-28-87(96)69-127)57-92(119-131-109(79-20-5-1-6-21-79)61-110(132-119)80-22-7-2-8-23-80)59-106(117)98-40-36-86(53-94(98)71-129)95-33-19-34-99(108(95)72-130)107-60-93(120-133-111(81-24-9-3-10-25-81)62-112(134-120)82-26-11-4-12-27-82)58-105(97-31-16-14-29-88(97)70-128)118(107)136-115-42-38-84(90-49-75(65-123)45-76(50-90)66-124)55-102(115)103-56-85(39-43-116(103)136)91-51-77(67-125)46-78(52-91)68-126/h1-62H. The number of aromatic nitrogens is 6. The molecule has 4 aromatic heterocycles. The maximum absolute atomic E-state index is 12.7. The van der Waals surface area contributed by atoms with Crippen LogP contribution in [0.15, 0.2) is 376 Å². The van der Waals surface area contributed by atoms with E-state index in [2.05, 4.69) is 75.9 Å². The van der Waals surface area contributed by atoms with Gasteiger partial charge in [-0.1, -0.05) is 224 Å². The Labute approximate surface area is 780 Å². The molecule has 0 saturated heterocycles. The monoisotopic (exact) mass is 1730 g/mol. The quantitative estimate of drug-likeness (QED) is 0.0869. The number of benzene rings is 17. The van der Waals surface area contributed by atoms with Gasteiger partial charge in [0.1, 0.15) is 6.07 Å². The summed E-state index contributed by atoms with van der Waals surface area (Å²) in [6.07, 6.45) is 0. The van der Waals surface area contributed by atoms with Crippen molar-refractivity contribution < 1.29 is 0 Å². The minimum Gasteiger partial charge on any atom is -0.308 e. The normalized spacial score (nSPS) is 10.9. The first-order chi connectivity index (χ1) is 66.9. The van der Waals surface area contributed by atoms with Crippen LogP contribution in [0.25, 0.3) is 212 Å². The van der Waals surface area contributed by atoms with Gasteiger partial charge in [0.25, 0.3) is 0 Å². The van der Waals surface area contributed by atoms with Crippen molar-refractivity contribution in [2.75, 3.05) is 0 Å². The molecule has 0 spiro atoms. The second-order valence-electron chi connectivity index (χ2n) is 32.7. The van der Waals surface area contributed by atoms with Crippen molar-refractivity contribution in [3.05, 3.63) is 432 Å². The van der Waals surface area contributed by atoms with Gasteiger partial charge in [0.2, 0.25) is 0 Å². The topological polar surface area (TPSA) is 299 Å². The first-order valence-corrected chi connectivity index (χ1v) is 43.3. The highest BCUT2D eigenvalue weighted by molar-refractivity contribution is 6.15. The number of hydrogen-bond acceptors (Lipinski definition) is 14. The summed E-state index contributed by atoms with van der Waals surface area (Å²) in [5.74, 6) is 0.659. The van der Waals surface area contributed by atoms with E-state index >= 15 is 0 Å². The zero-order valence-corrected chi connectivity index (χ0v) is 72.0. The highest BCUT2D eigenvalue weighted by Crippen LogP contribution is 2.51. The van der Waals surface area contributed by atoms with Crippen molar-refractivity contribution >= 4 is 43.6 Å². The summed E-state index contributed by atoms with van der Waals surface area (Å²) >= 11 is 0. The Morgan fingerprint density at radius 2 is 0.471 bits per heavy atom. The molecule has 17 aromatic carbocycles. The van der Waals surface area contributed by atoms with E-state index in [-0.39, 0.29) is 33.4 Å². The van der Waals surface area contributed by atoms with Crippen LogP contribution >= 0.6 is 0 Å². The molecule has 0 N–H and O–H groups in total. The van der Waals surface area contributed by atoms with Crippen LogP contribution in [-0.4, -0.2) is 29.1 Å². The predicted molar refractivity (Wildman–Crippen MR) is 530 cm³/mol. The van der Waals surface area contributed by atoms with Crippen molar-refractivity contribution in [1.82, 2.24) is 29.1 Å². The van der Waals surface area contributed by atoms with E-state index in [0.29, 0.717) is 184 Å². The zero-order chi connectivity index (χ0) is 92.6. The van der Waals surface area contributed by atoms with E-state index in [1.807, 2.05) is 297 Å². The molecule has 0 amide bonds. The van der Waals surface area contributed by atoms with Gasteiger partial charge in [-0.25, -0.2) is 19.9 Å². The van der Waals surface area contributed by atoms with Crippen LogP contribution in [0.3, 0.4) is 0 Å². The highest BCUT2D eigenvalue weighted by atomic mass is 15.0.